The molecule has 2 rings (SSSR count). The van der Waals surface area contributed by atoms with Crippen molar-refractivity contribution < 1.29 is 4.74 Å². The molecule has 1 aromatic heterocycles. The van der Waals surface area contributed by atoms with Gasteiger partial charge in [-0.2, -0.15) is 4.98 Å². The standard InChI is InChI=1S/C12H19N3O/c1-16-12-7-3-6-11(15-12)14-10-5-2-4-9(10)8-13/h3,6-7,9-10H,2,4-5,8,13H2,1H3,(H,14,15). The second kappa shape index (κ2) is 5.16. The topological polar surface area (TPSA) is 60.2 Å². The van der Waals surface area contributed by atoms with Gasteiger partial charge in [-0.25, -0.2) is 0 Å². The van der Waals surface area contributed by atoms with Crippen LogP contribution in [0.1, 0.15) is 19.3 Å². The van der Waals surface area contributed by atoms with Gasteiger partial charge < -0.3 is 15.8 Å². The van der Waals surface area contributed by atoms with Gasteiger partial charge in [0.2, 0.25) is 5.88 Å². The van der Waals surface area contributed by atoms with Crippen LogP contribution in [0.15, 0.2) is 18.2 Å². The maximum Gasteiger partial charge on any atom is 0.214 e. The zero-order chi connectivity index (χ0) is 11.4. The quantitative estimate of drug-likeness (QED) is 0.811. The molecule has 1 heterocycles. The minimum atomic E-state index is 0.463. The molecule has 0 aromatic carbocycles. The summed E-state index contributed by atoms with van der Waals surface area (Å²) in [6.07, 6.45) is 3.66. The van der Waals surface area contributed by atoms with E-state index < -0.39 is 0 Å². The van der Waals surface area contributed by atoms with Crippen molar-refractivity contribution in [3.63, 3.8) is 0 Å². The number of nitrogens with one attached hydrogen (secondary N) is 1. The van der Waals surface area contributed by atoms with Crippen molar-refractivity contribution >= 4 is 5.82 Å². The lowest BCUT2D eigenvalue weighted by molar-refractivity contribution is 0.398. The third kappa shape index (κ3) is 2.44. The third-order valence-corrected chi connectivity index (χ3v) is 3.23. The Hall–Kier alpha value is -1.29. The van der Waals surface area contributed by atoms with Crippen molar-refractivity contribution in [2.45, 2.75) is 25.3 Å². The van der Waals surface area contributed by atoms with Crippen LogP contribution in [0.3, 0.4) is 0 Å². The molecular formula is C12H19N3O. The summed E-state index contributed by atoms with van der Waals surface area (Å²) < 4.78 is 5.10. The summed E-state index contributed by atoms with van der Waals surface area (Å²) in [6, 6.07) is 6.22. The highest BCUT2D eigenvalue weighted by molar-refractivity contribution is 5.38. The Balaban J connectivity index is 2.02. The van der Waals surface area contributed by atoms with E-state index in [0.717, 1.165) is 12.4 Å². The first-order valence-corrected chi connectivity index (χ1v) is 5.81. The zero-order valence-corrected chi connectivity index (χ0v) is 9.65. The monoisotopic (exact) mass is 221 g/mol. The predicted octanol–water partition coefficient (Wildman–Crippen LogP) is 1.63. The van der Waals surface area contributed by atoms with Crippen LogP contribution in [0.2, 0.25) is 0 Å². The number of nitrogens with two attached hydrogens (primary N) is 1. The molecule has 0 bridgehead atoms. The minimum Gasteiger partial charge on any atom is -0.481 e. The van der Waals surface area contributed by atoms with E-state index in [1.54, 1.807) is 7.11 Å². The van der Waals surface area contributed by atoms with E-state index in [2.05, 4.69) is 10.3 Å². The smallest absolute Gasteiger partial charge is 0.214 e. The van der Waals surface area contributed by atoms with E-state index in [4.69, 9.17) is 10.5 Å². The van der Waals surface area contributed by atoms with Crippen molar-refractivity contribution in [1.29, 1.82) is 0 Å². The molecule has 4 nitrogen and oxygen atoms in total. The highest BCUT2D eigenvalue weighted by atomic mass is 16.5. The summed E-state index contributed by atoms with van der Waals surface area (Å²) in [4.78, 5) is 4.35. The SMILES string of the molecule is COc1cccc(NC2CCCC2CN)n1. The number of methoxy groups -OCH3 is 1. The maximum atomic E-state index is 5.75. The number of nitrogens with zero attached hydrogens (tertiary/aromatic N) is 1. The van der Waals surface area contributed by atoms with Gasteiger partial charge in [0, 0.05) is 12.1 Å². The van der Waals surface area contributed by atoms with E-state index in [-0.39, 0.29) is 0 Å². The molecule has 0 radical (unpaired) electrons. The van der Waals surface area contributed by atoms with Crippen molar-refractivity contribution in [2.75, 3.05) is 19.0 Å². The molecule has 4 heteroatoms. The van der Waals surface area contributed by atoms with Gasteiger partial charge in [-0.05, 0) is 31.4 Å². The molecule has 16 heavy (non-hydrogen) atoms. The van der Waals surface area contributed by atoms with Crippen LogP contribution in [0.25, 0.3) is 0 Å². The summed E-state index contributed by atoms with van der Waals surface area (Å²) in [5, 5.41) is 3.45. The van der Waals surface area contributed by atoms with Gasteiger partial charge in [-0.3, -0.25) is 0 Å². The molecule has 1 saturated carbocycles. The molecule has 1 aliphatic carbocycles. The number of rotatable bonds is 4. The first kappa shape index (κ1) is 11.2. The predicted molar refractivity (Wildman–Crippen MR) is 64.6 cm³/mol. The molecule has 2 atom stereocenters. The summed E-state index contributed by atoms with van der Waals surface area (Å²) in [7, 11) is 1.63. The minimum absolute atomic E-state index is 0.463. The van der Waals surface area contributed by atoms with Crippen LogP contribution in [0.5, 0.6) is 5.88 Å². The molecule has 0 amide bonds. The van der Waals surface area contributed by atoms with Crippen LogP contribution in [-0.2, 0) is 0 Å². The number of ether oxygens (including phenoxy) is 1. The lowest BCUT2D eigenvalue weighted by Crippen LogP contribution is -2.29. The largest absolute Gasteiger partial charge is 0.481 e. The second-order valence-electron chi connectivity index (χ2n) is 4.24. The van der Waals surface area contributed by atoms with Crippen molar-refractivity contribution in [1.82, 2.24) is 4.98 Å². The molecule has 1 aliphatic rings. The Bertz CT molecular complexity index is 343. The molecule has 0 aliphatic heterocycles. The molecule has 0 saturated heterocycles. The van der Waals surface area contributed by atoms with E-state index in [1.165, 1.54) is 19.3 Å². The van der Waals surface area contributed by atoms with Gasteiger partial charge in [-0.15, -0.1) is 0 Å². The molecule has 1 fully saturated rings. The Morgan fingerprint density at radius 3 is 3.12 bits per heavy atom. The van der Waals surface area contributed by atoms with Gasteiger partial charge in [0.05, 0.1) is 7.11 Å². The number of pyridine rings is 1. The fourth-order valence-electron chi connectivity index (χ4n) is 2.31. The highest BCUT2D eigenvalue weighted by Gasteiger charge is 2.25. The fourth-order valence-corrected chi connectivity index (χ4v) is 2.31. The zero-order valence-electron chi connectivity index (χ0n) is 9.65. The Labute approximate surface area is 96.2 Å². The number of aromatic nitrogens is 1. The Morgan fingerprint density at radius 2 is 2.38 bits per heavy atom. The lowest BCUT2D eigenvalue weighted by atomic mass is 10.0. The van der Waals surface area contributed by atoms with Gasteiger partial charge in [0.15, 0.2) is 0 Å². The van der Waals surface area contributed by atoms with Crippen LogP contribution in [0.4, 0.5) is 5.82 Å². The van der Waals surface area contributed by atoms with Gasteiger partial charge in [-0.1, -0.05) is 12.5 Å². The first-order chi connectivity index (χ1) is 7.83. The van der Waals surface area contributed by atoms with E-state index in [0.29, 0.717) is 17.8 Å². The third-order valence-electron chi connectivity index (χ3n) is 3.23. The molecule has 1 aromatic rings. The van der Waals surface area contributed by atoms with Crippen LogP contribution < -0.4 is 15.8 Å². The van der Waals surface area contributed by atoms with Crippen molar-refractivity contribution in [3.8, 4) is 5.88 Å². The van der Waals surface area contributed by atoms with E-state index >= 15 is 0 Å². The summed E-state index contributed by atoms with van der Waals surface area (Å²) >= 11 is 0. The summed E-state index contributed by atoms with van der Waals surface area (Å²) in [5.41, 5.74) is 5.75. The molecule has 0 spiro atoms. The number of hydrogen-bond acceptors (Lipinski definition) is 4. The first-order valence-electron chi connectivity index (χ1n) is 5.81. The highest BCUT2D eigenvalue weighted by Crippen LogP contribution is 2.27. The van der Waals surface area contributed by atoms with Gasteiger partial charge in [0.25, 0.3) is 0 Å². The van der Waals surface area contributed by atoms with E-state index in [1.807, 2.05) is 18.2 Å². The molecular weight excluding hydrogens is 202 g/mol. The van der Waals surface area contributed by atoms with Crippen LogP contribution >= 0.6 is 0 Å². The summed E-state index contributed by atoms with van der Waals surface area (Å²) in [5.74, 6) is 2.10. The van der Waals surface area contributed by atoms with E-state index in [9.17, 15) is 0 Å². The molecule has 2 unspecified atom stereocenters. The number of anilines is 1. The number of hydrogen-bond donors (Lipinski definition) is 2. The van der Waals surface area contributed by atoms with Gasteiger partial charge in [0.1, 0.15) is 5.82 Å². The van der Waals surface area contributed by atoms with Crippen molar-refractivity contribution in [2.24, 2.45) is 11.7 Å². The maximum absolute atomic E-state index is 5.75. The fraction of sp³-hybridized carbons (Fsp3) is 0.583. The van der Waals surface area contributed by atoms with Crippen molar-refractivity contribution in [3.05, 3.63) is 18.2 Å². The summed E-state index contributed by atoms with van der Waals surface area (Å²) in [6.45, 7) is 0.752. The Morgan fingerprint density at radius 1 is 1.50 bits per heavy atom. The average molecular weight is 221 g/mol. The molecule has 3 N–H and O–H groups in total. The second-order valence-corrected chi connectivity index (χ2v) is 4.24. The molecule has 88 valence electrons. The van der Waals surface area contributed by atoms with Gasteiger partial charge >= 0.3 is 0 Å². The normalized spacial score (nSPS) is 24.4. The average Bonchev–Trinajstić information content (AvgIpc) is 2.76. The Kier molecular flexibility index (Phi) is 3.62. The van der Waals surface area contributed by atoms with Crippen LogP contribution in [0, 0.1) is 5.92 Å². The lowest BCUT2D eigenvalue weighted by Gasteiger charge is -2.20. The van der Waals surface area contributed by atoms with Crippen LogP contribution in [-0.4, -0.2) is 24.7 Å².